The first kappa shape index (κ1) is 19.0. The molecule has 2 N–H and O–H groups in total. The number of halogens is 1. The van der Waals surface area contributed by atoms with Gasteiger partial charge in [0.15, 0.2) is 0 Å². The van der Waals surface area contributed by atoms with Gasteiger partial charge in [0, 0.05) is 31.4 Å². The number of rotatable bonds is 4. The summed E-state index contributed by atoms with van der Waals surface area (Å²) in [5, 5.41) is 7.10. The zero-order valence-corrected chi connectivity index (χ0v) is 17.2. The maximum Gasteiger partial charge on any atom is 0.227 e. The lowest BCUT2D eigenvalue weighted by Crippen LogP contribution is -2.33. The summed E-state index contributed by atoms with van der Waals surface area (Å²) in [7, 11) is 1.97. The van der Waals surface area contributed by atoms with Gasteiger partial charge in [0.1, 0.15) is 0 Å². The maximum atomic E-state index is 6.40. The second-order valence-electron chi connectivity index (χ2n) is 7.26. The minimum Gasteiger partial charge on any atom is -0.371 e. The first-order chi connectivity index (χ1) is 14.7. The minimum absolute atomic E-state index is 0.0905. The van der Waals surface area contributed by atoms with Crippen LogP contribution in [0.4, 0.5) is 11.6 Å². The SMILES string of the molecule is Cn1cnc2cc(-c3nc(Nc4ccc(C5CNCCO5)cc4)ncc3Cl)ccc21. The van der Waals surface area contributed by atoms with Crippen LogP contribution in [0.3, 0.4) is 0 Å². The molecule has 3 heterocycles. The van der Waals surface area contributed by atoms with Gasteiger partial charge in [-0.05, 0) is 29.8 Å². The molecule has 7 nitrogen and oxygen atoms in total. The van der Waals surface area contributed by atoms with E-state index >= 15 is 0 Å². The monoisotopic (exact) mass is 420 g/mol. The van der Waals surface area contributed by atoms with Crippen LogP contribution in [0, 0.1) is 0 Å². The number of imidazole rings is 1. The molecule has 1 aliphatic rings. The summed E-state index contributed by atoms with van der Waals surface area (Å²) in [6.07, 6.45) is 3.50. The van der Waals surface area contributed by atoms with Crippen LogP contribution in [0.25, 0.3) is 22.3 Å². The highest BCUT2D eigenvalue weighted by molar-refractivity contribution is 6.33. The number of aromatic nitrogens is 4. The van der Waals surface area contributed by atoms with Crippen molar-refractivity contribution in [3.63, 3.8) is 0 Å². The Morgan fingerprint density at radius 3 is 2.83 bits per heavy atom. The van der Waals surface area contributed by atoms with Gasteiger partial charge in [-0.2, -0.15) is 0 Å². The predicted molar refractivity (Wildman–Crippen MR) is 118 cm³/mol. The number of morpholine rings is 1. The third kappa shape index (κ3) is 3.75. The van der Waals surface area contributed by atoms with Gasteiger partial charge in [0.05, 0.1) is 47.0 Å². The smallest absolute Gasteiger partial charge is 0.227 e. The van der Waals surface area contributed by atoms with E-state index in [4.69, 9.17) is 16.3 Å². The Hall–Kier alpha value is -3.00. The van der Waals surface area contributed by atoms with Crippen LogP contribution in [0.1, 0.15) is 11.7 Å². The van der Waals surface area contributed by atoms with Crippen LogP contribution in [-0.4, -0.2) is 39.2 Å². The fraction of sp³-hybridized carbons (Fsp3) is 0.227. The van der Waals surface area contributed by atoms with Crippen LogP contribution in [0.2, 0.25) is 5.02 Å². The van der Waals surface area contributed by atoms with Crippen molar-refractivity contribution in [1.29, 1.82) is 0 Å². The number of nitrogens with zero attached hydrogens (tertiary/aromatic N) is 4. The molecule has 0 aliphatic carbocycles. The average Bonchev–Trinajstić information content (AvgIpc) is 3.16. The molecule has 0 radical (unpaired) electrons. The molecule has 30 heavy (non-hydrogen) atoms. The molecule has 0 amide bonds. The van der Waals surface area contributed by atoms with Crippen molar-refractivity contribution in [3.8, 4) is 11.3 Å². The van der Waals surface area contributed by atoms with Crippen LogP contribution in [0.15, 0.2) is 55.0 Å². The predicted octanol–water partition coefficient (Wildman–Crippen LogP) is 4.09. The van der Waals surface area contributed by atoms with Gasteiger partial charge in [0.25, 0.3) is 0 Å². The summed E-state index contributed by atoms with van der Waals surface area (Å²) < 4.78 is 7.78. The number of anilines is 2. The highest BCUT2D eigenvalue weighted by Crippen LogP contribution is 2.29. The largest absolute Gasteiger partial charge is 0.371 e. The van der Waals surface area contributed by atoms with Crippen molar-refractivity contribution in [2.24, 2.45) is 7.05 Å². The summed E-state index contributed by atoms with van der Waals surface area (Å²) in [6.45, 7) is 2.47. The van der Waals surface area contributed by atoms with Crippen molar-refractivity contribution in [2.75, 3.05) is 25.0 Å². The molecule has 2 aromatic heterocycles. The van der Waals surface area contributed by atoms with E-state index in [1.807, 2.05) is 41.9 Å². The van der Waals surface area contributed by atoms with Gasteiger partial charge in [-0.3, -0.25) is 0 Å². The molecule has 1 saturated heterocycles. The summed E-state index contributed by atoms with van der Waals surface area (Å²) in [5.74, 6) is 0.485. The Balaban J connectivity index is 1.38. The van der Waals surface area contributed by atoms with Gasteiger partial charge in [-0.1, -0.05) is 29.8 Å². The fourth-order valence-electron chi connectivity index (χ4n) is 3.60. The van der Waals surface area contributed by atoms with E-state index in [9.17, 15) is 0 Å². The number of fused-ring (bicyclic) bond motifs is 1. The molecular weight excluding hydrogens is 400 g/mol. The zero-order chi connectivity index (χ0) is 20.5. The van der Waals surface area contributed by atoms with E-state index in [-0.39, 0.29) is 6.10 Å². The number of hydrogen-bond acceptors (Lipinski definition) is 6. The van der Waals surface area contributed by atoms with E-state index in [1.54, 1.807) is 12.5 Å². The molecule has 0 spiro atoms. The first-order valence-corrected chi connectivity index (χ1v) is 10.2. The van der Waals surface area contributed by atoms with E-state index < -0.39 is 0 Å². The topological polar surface area (TPSA) is 76.9 Å². The highest BCUT2D eigenvalue weighted by Gasteiger charge is 2.15. The molecule has 1 fully saturated rings. The lowest BCUT2D eigenvalue weighted by atomic mass is 10.1. The van der Waals surface area contributed by atoms with E-state index in [0.717, 1.165) is 47.5 Å². The second-order valence-corrected chi connectivity index (χ2v) is 7.67. The average molecular weight is 421 g/mol. The van der Waals surface area contributed by atoms with E-state index in [2.05, 4.69) is 37.7 Å². The third-order valence-electron chi connectivity index (χ3n) is 5.21. The summed E-state index contributed by atoms with van der Waals surface area (Å²) in [5.41, 5.74) is 5.56. The Bertz CT molecular complexity index is 1180. The molecular formula is C22H21ClN6O. The molecule has 5 rings (SSSR count). The summed E-state index contributed by atoms with van der Waals surface area (Å²) >= 11 is 6.40. The van der Waals surface area contributed by atoms with E-state index in [1.165, 1.54) is 0 Å². The maximum absolute atomic E-state index is 6.40. The number of hydrogen-bond donors (Lipinski definition) is 2. The third-order valence-corrected chi connectivity index (χ3v) is 5.49. The van der Waals surface area contributed by atoms with Gasteiger partial charge < -0.3 is 19.9 Å². The normalized spacial score (nSPS) is 16.7. The number of benzene rings is 2. The van der Waals surface area contributed by atoms with Gasteiger partial charge in [-0.15, -0.1) is 0 Å². The quantitative estimate of drug-likeness (QED) is 0.518. The Morgan fingerprint density at radius 1 is 1.17 bits per heavy atom. The fourth-order valence-corrected chi connectivity index (χ4v) is 3.80. The molecule has 2 aromatic carbocycles. The van der Waals surface area contributed by atoms with Crippen LogP contribution >= 0.6 is 11.6 Å². The Morgan fingerprint density at radius 2 is 2.03 bits per heavy atom. The lowest BCUT2D eigenvalue weighted by molar-refractivity contribution is 0.0277. The lowest BCUT2D eigenvalue weighted by Gasteiger charge is -2.24. The van der Waals surface area contributed by atoms with Crippen molar-refractivity contribution in [1.82, 2.24) is 24.8 Å². The standard InChI is InChI=1S/C22H21ClN6O/c1-29-13-26-18-10-15(4-7-19(18)29)21-17(23)11-25-22(28-21)27-16-5-2-14(3-6-16)20-12-24-8-9-30-20/h2-7,10-11,13,20,24H,8-9,12H2,1H3,(H,25,27,28). The molecule has 8 heteroatoms. The molecule has 4 aromatic rings. The first-order valence-electron chi connectivity index (χ1n) is 9.81. The molecule has 1 aliphatic heterocycles. The van der Waals surface area contributed by atoms with E-state index in [0.29, 0.717) is 16.7 Å². The summed E-state index contributed by atoms with van der Waals surface area (Å²) in [4.78, 5) is 13.4. The van der Waals surface area contributed by atoms with Crippen molar-refractivity contribution >= 4 is 34.3 Å². The highest BCUT2D eigenvalue weighted by atomic mass is 35.5. The molecule has 1 unspecified atom stereocenters. The molecule has 1 atom stereocenters. The van der Waals surface area contributed by atoms with Crippen molar-refractivity contribution in [2.45, 2.75) is 6.10 Å². The molecule has 0 bridgehead atoms. The van der Waals surface area contributed by atoms with Crippen molar-refractivity contribution in [3.05, 3.63) is 65.6 Å². The van der Waals surface area contributed by atoms with Crippen LogP contribution < -0.4 is 10.6 Å². The minimum atomic E-state index is 0.0905. The summed E-state index contributed by atoms with van der Waals surface area (Å²) in [6, 6.07) is 14.1. The van der Waals surface area contributed by atoms with Crippen molar-refractivity contribution < 1.29 is 4.74 Å². The van der Waals surface area contributed by atoms with Gasteiger partial charge in [0.2, 0.25) is 5.95 Å². The van der Waals surface area contributed by atoms with Crippen LogP contribution in [0.5, 0.6) is 0 Å². The Labute approximate surface area is 179 Å². The molecule has 152 valence electrons. The number of ether oxygens (including phenoxy) is 1. The van der Waals surface area contributed by atoms with Gasteiger partial charge in [-0.25, -0.2) is 15.0 Å². The number of nitrogens with one attached hydrogen (secondary N) is 2. The zero-order valence-electron chi connectivity index (χ0n) is 16.5. The molecule has 0 saturated carbocycles. The van der Waals surface area contributed by atoms with Crippen LogP contribution in [-0.2, 0) is 11.8 Å². The van der Waals surface area contributed by atoms with Gasteiger partial charge >= 0.3 is 0 Å². The second kappa shape index (κ2) is 8.02. The Kier molecular flexibility index (Phi) is 5.08. The number of aryl methyl sites for hydroxylation is 1.